The van der Waals surface area contributed by atoms with Crippen molar-refractivity contribution in [3.63, 3.8) is 0 Å². The molecular formula is C15H24O2Si. The van der Waals surface area contributed by atoms with E-state index < -0.39 is 0 Å². The summed E-state index contributed by atoms with van der Waals surface area (Å²) in [5.74, 6) is 1.05. The van der Waals surface area contributed by atoms with E-state index in [0.717, 1.165) is 29.5 Å². The number of hydrogen-bond acceptors (Lipinski definition) is 2. The third-order valence-corrected chi connectivity index (χ3v) is 5.97. The number of esters is 1. The highest BCUT2D eigenvalue weighted by Gasteiger charge is 2.39. The number of ether oxygens (including phenoxy) is 1. The number of carbonyl (C=O) groups excluding carboxylic acids is 1. The zero-order valence-corrected chi connectivity index (χ0v) is 13.9. The van der Waals surface area contributed by atoms with Crippen molar-refractivity contribution in [1.29, 1.82) is 0 Å². The summed E-state index contributed by atoms with van der Waals surface area (Å²) in [5, 5.41) is -0.251. The van der Waals surface area contributed by atoms with Gasteiger partial charge < -0.3 is 4.74 Å². The molecule has 1 aromatic carbocycles. The van der Waals surface area contributed by atoms with Crippen LogP contribution < -0.4 is 4.74 Å². The number of para-hydroxylation sites is 1. The fraction of sp³-hybridized carbons (Fsp3) is 0.533. The van der Waals surface area contributed by atoms with E-state index in [1.165, 1.54) is 0 Å². The zero-order valence-electron chi connectivity index (χ0n) is 11.9. The van der Waals surface area contributed by atoms with Gasteiger partial charge in [0, 0.05) is 10.2 Å². The zero-order chi connectivity index (χ0) is 13.6. The van der Waals surface area contributed by atoms with Crippen molar-refractivity contribution in [2.24, 2.45) is 5.92 Å². The highest BCUT2D eigenvalue weighted by Crippen LogP contribution is 2.41. The Labute approximate surface area is 113 Å². The Balaban J connectivity index is 2.85. The maximum absolute atomic E-state index is 12.4. The Hall–Kier alpha value is -1.09. The molecule has 0 heterocycles. The van der Waals surface area contributed by atoms with Gasteiger partial charge in [-0.25, -0.2) is 0 Å². The van der Waals surface area contributed by atoms with Gasteiger partial charge in [0.25, 0.3) is 0 Å². The smallest absolute Gasteiger partial charge is 0.313 e. The van der Waals surface area contributed by atoms with Gasteiger partial charge in [-0.15, -0.1) is 0 Å². The van der Waals surface area contributed by atoms with Gasteiger partial charge >= 0.3 is 5.97 Å². The van der Waals surface area contributed by atoms with Gasteiger partial charge in [0.1, 0.15) is 5.75 Å². The number of rotatable bonds is 6. The lowest BCUT2D eigenvalue weighted by molar-refractivity contribution is -0.139. The molecule has 0 saturated carbocycles. The normalized spacial score (nSPS) is 14.4. The molecule has 0 aliphatic rings. The van der Waals surface area contributed by atoms with Crippen molar-refractivity contribution >= 4 is 16.2 Å². The van der Waals surface area contributed by atoms with Crippen LogP contribution in [-0.2, 0) is 4.79 Å². The number of hydrogen-bond donors (Lipinski definition) is 0. The van der Waals surface area contributed by atoms with Crippen LogP contribution in [-0.4, -0.2) is 16.2 Å². The molecule has 0 radical (unpaired) electrons. The van der Waals surface area contributed by atoms with E-state index in [9.17, 15) is 4.79 Å². The third-order valence-electron chi connectivity index (χ3n) is 4.04. The van der Waals surface area contributed by atoms with Crippen LogP contribution in [0, 0.1) is 5.92 Å². The summed E-state index contributed by atoms with van der Waals surface area (Å²) in [6, 6.07) is 9.37. The van der Waals surface area contributed by atoms with Gasteiger partial charge in [0.2, 0.25) is 0 Å². The van der Waals surface area contributed by atoms with Crippen molar-refractivity contribution in [2.75, 3.05) is 0 Å². The monoisotopic (exact) mass is 264 g/mol. The quantitative estimate of drug-likeness (QED) is 0.448. The molecule has 0 bridgehead atoms. The summed E-state index contributed by atoms with van der Waals surface area (Å²) in [7, 11) is 0.842. The number of carbonyl (C=O) groups is 1. The van der Waals surface area contributed by atoms with E-state index in [4.69, 9.17) is 4.74 Å². The van der Waals surface area contributed by atoms with E-state index in [-0.39, 0.29) is 11.0 Å². The van der Waals surface area contributed by atoms with E-state index in [1.54, 1.807) is 0 Å². The Kier molecular flexibility index (Phi) is 5.60. The molecule has 1 atom stereocenters. The second-order valence-corrected chi connectivity index (χ2v) is 6.77. The van der Waals surface area contributed by atoms with Crippen LogP contribution in [0.2, 0.25) is 5.04 Å². The molecule has 100 valence electrons. The summed E-state index contributed by atoms with van der Waals surface area (Å²) in [5.41, 5.74) is 0. The molecule has 0 aliphatic carbocycles. The second-order valence-electron chi connectivity index (χ2n) is 4.99. The lowest BCUT2D eigenvalue weighted by atomic mass is 9.84. The summed E-state index contributed by atoms with van der Waals surface area (Å²) in [6.45, 7) is 6.41. The minimum absolute atomic E-state index is 0.0448. The summed E-state index contributed by atoms with van der Waals surface area (Å²) in [6.07, 6.45) is 2.95. The van der Waals surface area contributed by atoms with Crippen LogP contribution in [0.3, 0.4) is 0 Å². The fourth-order valence-corrected chi connectivity index (χ4v) is 3.42. The van der Waals surface area contributed by atoms with E-state index in [0.29, 0.717) is 11.7 Å². The van der Waals surface area contributed by atoms with Crippen molar-refractivity contribution in [3.05, 3.63) is 30.3 Å². The first-order valence-electron chi connectivity index (χ1n) is 6.85. The summed E-state index contributed by atoms with van der Waals surface area (Å²) < 4.78 is 5.55. The summed E-state index contributed by atoms with van der Waals surface area (Å²) in [4.78, 5) is 12.4. The van der Waals surface area contributed by atoms with E-state index in [1.807, 2.05) is 30.3 Å². The van der Waals surface area contributed by atoms with Crippen LogP contribution in [0.4, 0.5) is 0 Å². The van der Waals surface area contributed by atoms with Gasteiger partial charge in [-0.05, 0) is 24.5 Å². The molecule has 1 unspecified atom stereocenters. The van der Waals surface area contributed by atoms with Gasteiger partial charge in [-0.2, -0.15) is 0 Å². The van der Waals surface area contributed by atoms with Crippen molar-refractivity contribution in [3.8, 4) is 5.75 Å². The van der Waals surface area contributed by atoms with Crippen LogP contribution in [0.1, 0.15) is 40.0 Å². The molecule has 0 spiro atoms. The SMILES string of the molecule is CCC(CC)C([SiH3])(CC)C(=O)Oc1ccccc1. The molecule has 2 nitrogen and oxygen atoms in total. The first kappa shape index (κ1) is 15.0. The van der Waals surface area contributed by atoms with Gasteiger partial charge in [0.05, 0.1) is 5.04 Å². The molecule has 0 fully saturated rings. The number of benzene rings is 1. The molecule has 0 saturated heterocycles. The fourth-order valence-electron chi connectivity index (χ4n) is 2.50. The minimum Gasteiger partial charge on any atom is -0.426 e. The lowest BCUT2D eigenvalue weighted by Gasteiger charge is -2.33. The maximum atomic E-state index is 12.4. The predicted molar refractivity (Wildman–Crippen MR) is 79.1 cm³/mol. The first-order valence-corrected chi connectivity index (χ1v) is 7.85. The highest BCUT2D eigenvalue weighted by atomic mass is 28.1. The van der Waals surface area contributed by atoms with Crippen LogP contribution >= 0.6 is 0 Å². The first-order chi connectivity index (χ1) is 8.58. The molecule has 3 heteroatoms. The average molecular weight is 264 g/mol. The molecule has 0 N–H and O–H groups in total. The highest BCUT2D eigenvalue weighted by molar-refractivity contribution is 6.27. The minimum atomic E-state index is -0.251. The third kappa shape index (κ3) is 3.22. The maximum Gasteiger partial charge on any atom is 0.313 e. The Morgan fingerprint density at radius 3 is 2.22 bits per heavy atom. The average Bonchev–Trinajstić information content (AvgIpc) is 2.40. The molecule has 1 rings (SSSR count). The van der Waals surface area contributed by atoms with Gasteiger partial charge in [-0.1, -0.05) is 51.8 Å². The largest absolute Gasteiger partial charge is 0.426 e. The van der Waals surface area contributed by atoms with E-state index >= 15 is 0 Å². The lowest BCUT2D eigenvalue weighted by Crippen LogP contribution is -2.35. The predicted octanol–water partition coefficient (Wildman–Crippen LogP) is 2.96. The molecular weight excluding hydrogens is 240 g/mol. The topological polar surface area (TPSA) is 26.3 Å². The standard InChI is InChI=1S/C15H24O2Si/c1-4-12(5-2)15(18,6-3)14(16)17-13-10-8-7-9-11-13/h7-12H,4-6H2,1-3,18H3. The molecule has 1 aromatic rings. The van der Waals surface area contributed by atoms with Gasteiger partial charge in [-0.3, -0.25) is 4.79 Å². The second kappa shape index (κ2) is 6.74. The molecule has 0 aliphatic heterocycles. The molecule has 0 aromatic heterocycles. The Morgan fingerprint density at radius 2 is 1.78 bits per heavy atom. The molecule has 0 amide bonds. The summed E-state index contributed by atoms with van der Waals surface area (Å²) >= 11 is 0. The van der Waals surface area contributed by atoms with Crippen molar-refractivity contribution in [1.82, 2.24) is 0 Å². The van der Waals surface area contributed by atoms with Crippen LogP contribution in [0.5, 0.6) is 5.75 Å². The Morgan fingerprint density at radius 1 is 1.22 bits per heavy atom. The van der Waals surface area contributed by atoms with Crippen molar-refractivity contribution < 1.29 is 9.53 Å². The van der Waals surface area contributed by atoms with Crippen LogP contribution in [0.25, 0.3) is 0 Å². The van der Waals surface area contributed by atoms with Gasteiger partial charge in [0.15, 0.2) is 0 Å². The van der Waals surface area contributed by atoms with Crippen molar-refractivity contribution in [2.45, 2.75) is 45.1 Å². The molecule has 18 heavy (non-hydrogen) atoms. The Bertz CT molecular complexity index is 373. The van der Waals surface area contributed by atoms with Crippen LogP contribution in [0.15, 0.2) is 30.3 Å². The van der Waals surface area contributed by atoms with E-state index in [2.05, 4.69) is 20.8 Å².